The van der Waals surface area contributed by atoms with Crippen molar-refractivity contribution in [3.63, 3.8) is 0 Å². The fourth-order valence-electron chi connectivity index (χ4n) is 4.30. The first-order chi connectivity index (χ1) is 16.2. The molecule has 3 heteroatoms. The molecular formula is C28H23N2O+. The zero-order chi connectivity index (χ0) is 24.2. The van der Waals surface area contributed by atoms with Crippen molar-refractivity contribution in [3.8, 4) is 22.4 Å². The average molecular weight is 407 g/mol. The summed E-state index contributed by atoms with van der Waals surface area (Å²) in [6, 6.07) is 21.5. The van der Waals surface area contributed by atoms with Crippen LogP contribution in [-0.2, 0) is 7.05 Å². The fourth-order valence-corrected chi connectivity index (χ4v) is 4.30. The number of pyridine rings is 1. The predicted molar refractivity (Wildman–Crippen MR) is 126 cm³/mol. The van der Waals surface area contributed by atoms with Gasteiger partial charge in [0.25, 0.3) is 0 Å². The zero-order valence-corrected chi connectivity index (χ0v) is 17.7. The Kier molecular flexibility index (Phi) is 3.64. The van der Waals surface area contributed by atoms with Gasteiger partial charge in [-0.15, -0.1) is 0 Å². The topological polar surface area (TPSA) is 21.4 Å². The molecule has 5 aromatic rings. The highest BCUT2D eigenvalue weighted by atomic mass is 16.3. The van der Waals surface area contributed by atoms with Gasteiger partial charge < -0.3 is 4.42 Å². The van der Waals surface area contributed by atoms with Crippen molar-refractivity contribution in [1.29, 1.82) is 0 Å². The molecule has 0 saturated carbocycles. The van der Waals surface area contributed by atoms with Crippen LogP contribution in [0.1, 0.15) is 20.9 Å². The molecule has 150 valence electrons. The van der Waals surface area contributed by atoms with Gasteiger partial charge in [-0.25, -0.2) is 4.85 Å². The van der Waals surface area contributed by atoms with E-state index in [1.807, 2.05) is 67.9 Å². The van der Waals surface area contributed by atoms with Crippen LogP contribution in [0.5, 0.6) is 0 Å². The summed E-state index contributed by atoms with van der Waals surface area (Å²) in [4.78, 5) is 3.71. The molecule has 5 rings (SSSR count). The first kappa shape index (κ1) is 15.9. The number of aryl methyl sites for hydroxylation is 2. The van der Waals surface area contributed by atoms with Crippen LogP contribution < -0.4 is 4.57 Å². The van der Waals surface area contributed by atoms with Gasteiger partial charge in [-0.05, 0) is 36.5 Å². The van der Waals surface area contributed by atoms with E-state index in [2.05, 4.69) is 23.0 Å². The average Bonchev–Trinajstić information content (AvgIpc) is 3.20. The Hall–Kier alpha value is -3.90. The maximum Gasteiger partial charge on any atom is 0.229 e. The maximum absolute atomic E-state index is 7.86. The first-order valence-electron chi connectivity index (χ1n) is 11.6. The summed E-state index contributed by atoms with van der Waals surface area (Å²) in [5, 5.41) is 1.84. The smallest absolute Gasteiger partial charge is 0.229 e. The van der Waals surface area contributed by atoms with E-state index in [4.69, 9.17) is 15.1 Å². The van der Waals surface area contributed by atoms with Gasteiger partial charge in [0.15, 0.2) is 5.69 Å². The van der Waals surface area contributed by atoms with E-state index in [0.717, 1.165) is 38.7 Å². The van der Waals surface area contributed by atoms with Crippen molar-refractivity contribution in [1.82, 2.24) is 0 Å². The van der Waals surface area contributed by atoms with Crippen molar-refractivity contribution >= 4 is 27.6 Å². The van der Waals surface area contributed by atoms with Gasteiger partial charge in [0.2, 0.25) is 11.4 Å². The zero-order valence-electron chi connectivity index (χ0n) is 20.7. The molecule has 0 aliphatic rings. The van der Waals surface area contributed by atoms with Crippen LogP contribution in [-0.4, -0.2) is 0 Å². The molecule has 0 fully saturated rings. The lowest BCUT2D eigenvalue weighted by molar-refractivity contribution is -0.667. The van der Waals surface area contributed by atoms with Crippen molar-refractivity contribution in [2.75, 3.05) is 0 Å². The standard InChI is InChI=1S/C28H23N2O/c1-17-12-16-24(30(5)19(17)3)25-18(2)11-13-22-26-21(20-9-7-6-8-10-20)14-15-23(29-4)28(26)31-27(22)25/h6-16H,1-3,5H3/q+1/i1D3. The van der Waals surface area contributed by atoms with Gasteiger partial charge in [0, 0.05) is 33.4 Å². The van der Waals surface area contributed by atoms with Crippen LogP contribution in [0.25, 0.3) is 49.2 Å². The Morgan fingerprint density at radius 3 is 2.42 bits per heavy atom. The second-order valence-electron chi connectivity index (χ2n) is 7.83. The van der Waals surface area contributed by atoms with Gasteiger partial charge in [-0.1, -0.05) is 54.6 Å². The number of hydrogen-bond acceptors (Lipinski definition) is 1. The van der Waals surface area contributed by atoms with Gasteiger partial charge >= 0.3 is 0 Å². The minimum absolute atomic E-state index is 0.329. The van der Waals surface area contributed by atoms with E-state index in [0.29, 0.717) is 28.1 Å². The van der Waals surface area contributed by atoms with E-state index in [1.165, 1.54) is 0 Å². The molecule has 0 bridgehead atoms. The minimum atomic E-state index is -2.18. The first-order valence-corrected chi connectivity index (χ1v) is 10.1. The Bertz CT molecular complexity index is 1620. The van der Waals surface area contributed by atoms with E-state index < -0.39 is 6.85 Å². The molecule has 31 heavy (non-hydrogen) atoms. The largest absolute Gasteiger partial charge is 0.466 e. The van der Waals surface area contributed by atoms with Gasteiger partial charge in [-0.3, -0.25) is 0 Å². The summed E-state index contributed by atoms with van der Waals surface area (Å²) in [6.07, 6.45) is 0. The molecule has 0 aliphatic heterocycles. The molecule has 0 atom stereocenters. The molecule has 0 saturated heterocycles. The SMILES string of the molecule is [2H]C([2H])([2H])c1ccc(-c2c(C)ccc3c2oc2c([N+]#[C-])ccc(-c4ccccc4)c23)[n+](C)c1C. The molecule has 2 heterocycles. The lowest BCUT2D eigenvalue weighted by atomic mass is 9.96. The number of aromatic nitrogens is 1. The number of nitrogens with zero attached hydrogens (tertiary/aromatic N) is 2. The minimum Gasteiger partial charge on any atom is -0.466 e. The molecule has 0 aliphatic carbocycles. The molecule has 2 aromatic heterocycles. The predicted octanol–water partition coefficient (Wildman–Crippen LogP) is 7.22. The molecular weight excluding hydrogens is 380 g/mol. The third-order valence-corrected chi connectivity index (χ3v) is 6.10. The molecule has 3 nitrogen and oxygen atoms in total. The summed E-state index contributed by atoms with van der Waals surface area (Å²) in [6.45, 7) is 9.34. The van der Waals surface area contributed by atoms with Crippen molar-refractivity contribution < 1.29 is 13.1 Å². The third kappa shape index (κ3) is 2.84. The highest BCUT2D eigenvalue weighted by Gasteiger charge is 2.24. The third-order valence-electron chi connectivity index (χ3n) is 6.10. The molecule has 3 aromatic carbocycles. The number of furan rings is 1. The highest BCUT2D eigenvalue weighted by molar-refractivity contribution is 6.18. The van der Waals surface area contributed by atoms with Crippen LogP contribution in [0, 0.1) is 27.3 Å². The second kappa shape index (κ2) is 7.11. The normalized spacial score (nSPS) is 13.0. The molecule has 0 N–H and O–H groups in total. The Balaban J connectivity index is 1.89. The summed E-state index contributed by atoms with van der Waals surface area (Å²) in [5.41, 5.74) is 7.56. The van der Waals surface area contributed by atoms with Gasteiger partial charge in [0.05, 0.1) is 12.1 Å². The van der Waals surface area contributed by atoms with Crippen LogP contribution in [0.2, 0.25) is 0 Å². The summed E-state index contributed by atoms with van der Waals surface area (Å²) >= 11 is 0. The molecule has 0 spiro atoms. The van der Waals surface area contributed by atoms with Crippen LogP contribution in [0.4, 0.5) is 5.69 Å². The van der Waals surface area contributed by atoms with Crippen molar-refractivity contribution in [2.45, 2.75) is 20.7 Å². The van der Waals surface area contributed by atoms with E-state index >= 15 is 0 Å². The van der Waals surface area contributed by atoms with E-state index in [1.54, 1.807) is 6.07 Å². The molecule has 0 amide bonds. The summed E-state index contributed by atoms with van der Waals surface area (Å²) < 4.78 is 31.9. The van der Waals surface area contributed by atoms with Gasteiger partial charge in [0.1, 0.15) is 18.2 Å². The highest BCUT2D eigenvalue weighted by Crippen LogP contribution is 2.44. The van der Waals surface area contributed by atoms with Crippen LogP contribution in [0.15, 0.2) is 71.1 Å². The summed E-state index contributed by atoms with van der Waals surface area (Å²) in [5.74, 6) is 0. The van der Waals surface area contributed by atoms with E-state index in [-0.39, 0.29) is 0 Å². The Morgan fingerprint density at radius 1 is 0.903 bits per heavy atom. The maximum atomic E-state index is 7.86. The van der Waals surface area contributed by atoms with Crippen LogP contribution >= 0.6 is 0 Å². The molecule has 0 unspecified atom stereocenters. The molecule has 0 radical (unpaired) electrons. The van der Waals surface area contributed by atoms with E-state index in [9.17, 15) is 0 Å². The summed E-state index contributed by atoms with van der Waals surface area (Å²) in [7, 11) is 1.88. The van der Waals surface area contributed by atoms with Crippen molar-refractivity contribution in [2.24, 2.45) is 7.05 Å². The monoisotopic (exact) mass is 406 g/mol. The number of rotatable bonds is 2. The van der Waals surface area contributed by atoms with Gasteiger partial charge in [-0.2, -0.15) is 4.57 Å². The second-order valence-corrected chi connectivity index (χ2v) is 7.83. The Morgan fingerprint density at radius 2 is 1.68 bits per heavy atom. The number of fused-ring (bicyclic) bond motifs is 3. The lowest BCUT2D eigenvalue weighted by Gasteiger charge is -2.08. The number of hydrogen-bond donors (Lipinski definition) is 0. The quantitative estimate of drug-likeness (QED) is 0.224. The Labute approximate surface area is 186 Å². The van der Waals surface area contributed by atoms with Crippen LogP contribution in [0.3, 0.4) is 0 Å². The fraction of sp³-hybridized carbons (Fsp3) is 0.143. The number of benzene rings is 3. The lowest BCUT2D eigenvalue weighted by Crippen LogP contribution is -2.35. The van der Waals surface area contributed by atoms with Crippen molar-refractivity contribution in [3.05, 3.63) is 95.0 Å².